The normalized spacial score (nSPS) is 24.1. The Morgan fingerprint density at radius 2 is 1.82 bits per heavy atom. The molecule has 2 aliphatic rings. The van der Waals surface area contributed by atoms with Crippen molar-refractivity contribution in [2.45, 2.75) is 76.3 Å². The molecule has 2 aromatic rings. The minimum absolute atomic E-state index is 0.104. The van der Waals surface area contributed by atoms with Crippen LogP contribution in [0.4, 0.5) is 13.2 Å². The fourth-order valence-corrected chi connectivity index (χ4v) is 5.53. The minimum atomic E-state index is -4.51. The Bertz CT molecular complexity index is 1220. The molecule has 1 aliphatic heterocycles. The SMILES string of the molecule is COC(=O)[C@@H]1C[C@H](NC(C)(C)C)CC[C@@H]1N1CCC(NC(=O)c2ccc(-c3cccc(C(F)(F)F)c3)o2)C1=O. The zero-order chi connectivity index (χ0) is 28.5. The molecule has 212 valence electrons. The predicted molar refractivity (Wildman–Crippen MR) is 137 cm³/mol. The van der Waals surface area contributed by atoms with E-state index in [-0.39, 0.29) is 46.6 Å². The van der Waals surface area contributed by atoms with E-state index in [2.05, 4.69) is 31.4 Å². The number of hydrogen-bond acceptors (Lipinski definition) is 6. The molecular formula is C28H34F3N3O5. The second-order valence-electron chi connectivity index (χ2n) is 11.2. The number of likely N-dealkylation sites (tertiary alicyclic amines) is 1. The van der Waals surface area contributed by atoms with Gasteiger partial charge < -0.3 is 24.7 Å². The van der Waals surface area contributed by atoms with E-state index in [4.69, 9.17) is 9.15 Å². The molecule has 2 heterocycles. The lowest BCUT2D eigenvalue weighted by atomic mass is 9.80. The Hall–Kier alpha value is -3.34. The molecule has 0 spiro atoms. The van der Waals surface area contributed by atoms with E-state index < -0.39 is 29.6 Å². The van der Waals surface area contributed by atoms with Gasteiger partial charge in [-0.25, -0.2) is 0 Å². The molecule has 2 N–H and O–H groups in total. The van der Waals surface area contributed by atoms with Gasteiger partial charge in [-0.3, -0.25) is 14.4 Å². The van der Waals surface area contributed by atoms with Gasteiger partial charge in [0.15, 0.2) is 5.76 Å². The van der Waals surface area contributed by atoms with Crippen molar-refractivity contribution in [2.24, 2.45) is 5.92 Å². The largest absolute Gasteiger partial charge is 0.469 e. The van der Waals surface area contributed by atoms with Crippen LogP contribution in [0.2, 0.25) is 0 Å². The van der Waals surface area contributed by atoms with Crippen LogP contribution in [0.5, 0.6) is 0 Å². The van der Waals surface area contributed by atoms with E-state index in [0.717, 1.165) is 18.6 Å². The summed E-state index contributed by atoms with van der Waals surface area (Å²) in [7, 11) is 1.34. The molecular weight excluding hydrogens is 515 g/mol. The van der Waals surface area contributed by atoms with Crippen molar-refractivity contribution >= 4 is 17.8 Å². The molecule has 1 saturated heterocycles. The number of ether oxygens (including phenoxy) is 1. The van der Waals surface area contributed by atoms with Crippen LogP contribution in [0.15, 0.2) is 40.8 Å². The molecule has 4 atom stereocenters. The van der Waals surface area contributed by atoms with Crippen molar-refractivity contribution in [2.75, 3.05) is 13.7 Å². The number of benzene rings is 1. The quantitative estimate of drug-likeness (QED) is 0.519. The van der Waals surface area contributed by atoms with Gasteiger partial charge in [0.05, 0.1) is 18.6 Å². The van der Waals surface area contributed by atoms with Gasteiger partial charge in [0.2, 0.25) is 5.91 Å². The summed E-state index contributed by atoms with van der Waals surface area (Å²) in [5, 5.41) is 6.21. The van der Waals surface area contributed by atoms with Crippen molar-refractivity contribution in [3.63, 3.8) is 0 Å². The monoisotopic (exact) mass is 549 g/mol. The Morgan fingerprint density at radius 1 is 1.08 bits per heavy atom. The van der Waals surface area contributed by atoms with Gasteiger partial charge in [-0.2, -0.15) is 13.2 Å². The molecule has 39 heavy (non-hydrogen) atoms. The Balaban J connectivity index is 1.42. The lowest BCUT2D eigenvalue weighted by Gasteiger charge is -2.41. The summed E-state index contributed by atoms with van der Waals surface area (Å²) < 4.78 is 49.8. The summed E-state index contributed by atoms with van der Waals surface area (Å²) in [5.74, 6) is -1.78. The van der Waals surface area contributed by atoms with Crippen LogP contribution in [-0.4, -0.2) is 60.0 Å². The van der Waals surface area contributed by atoms with Crippen molar-refractivity contribution < 1.29 is 36.7 Å². The summed E-state index contributed by atoms with van der Waals surface area (Å²) >= 11 is 0. The highest BCUT2D eigenvalue weighted by Crippen LogP contribution is 2.34. The Morgan fingerprint density at radius 3 is 2.49 bits per heavy atom. The highest BCUT2D eigenvalue weighted by atomic mass is 19.4. The van der Waals surface area contributed by atoms with Gasteiger partial charge in [0.1, 0.15) is 11.8 Å². The molecule has 1 aromatic heterocycles. The molecule has 11 heteroatoms. The fraction of sp³-hybridized carbons (Fsp3) is 0.536. The van der Waals surface area contributed by atoms with Crippen molar-refractivity contribution in [1.29, 1.82) is 0 Å². The van der Waals surface area contributed by atoms with E-state index in [1.165, 1.54) is 31.4 Å². The number of rotatable bonds is 6. The smallest absolute Gasteiger partial charge is 0.416 e. The molecule has 0 bridgehead atoms. The van der Waals surface area contributed by atoms with Crippen LogP contribution < -0.4 is 10.6 Å². The van der Waals surface area contributed by atoms with Crippen molar-refractivity contribution in [3.8, 4) is 11.3 Å². The number of carbonyl (C=O) groups is 3. The molecule has 2 fully saturated rings. The first-order chi connectivity index (χ1) is 18.3. The number of methoxy groups -OCH3 is 1. The number of esters is 1. The second kappa shape index (κ2) is 11.0. The van der Waals surface area contributed by atoms with Gasteiger partial charge in [0.25, 0.3) is 5.91 Å². The number of hydrogen-bond donors (Lipinski definition) is 2. The first-order valence-corrected chi connectivity index (χ1v) is 13.0. The highest BCUT2D eigenvalue weighted by molar-refractivity contribution is 5.96. The third-order valence-corrected chi connectivity index (χ3v) is 7.20. The number of halogens is 3. The Kier molecular flexibility index (Phi) is 8.11. The maximum atomic E-state index is 13.3. The number of furan rings is 1. The lowest BCUT2D eigenvalue weighted by molar-refractivity contribution is -0.151. The van der Waals surface area contributed by atoms with Crippen LogP contribution in [0.1, 0.15) is 62.6 Å². The summed E-state index contributed by atoms with van der Waals surface area (Å²) in [4.78, 5) is 40.5. The molecule has 1 aromatic carbocycles. The molecule has 0 radical (unpaired) electrons. The number of alkyl halides is 3. The zero-order valence-electron chi connectivity index (χ0n) is 22.4. The summed E-state index contributed by atoms with van der Waals surface area (Å²) in [6.45, 7) is 6.56. The summed E-state index contributed by atoms with van der Waals surface area (Å²) in [5.41, 5.74) is -0.769. The zero-order valence-corrected chi connectivity index (χ0v) is 22.4. The van der Waals surface area contributed by atoms with Crippen LogP contribution in [0.3, 0.4) is 0 Å². The number of carbonyl (C=O) groups excluding carboxylic acids is 3. The van der Waals surface area contributed by atoms with Gasteiger partial charge in [0, 0.05) is 29.7 Å². The standard InChI is InChI=1S/C28H34F3N3O5/c1-27(2,3)33-18-8-9-21(19(15-18)26(37)38-4)34-13-12-20(25(34)36)32-24(35)23-11-10-22(39-23)16-6-5-7-17(14-16)28(29,30)31/h5-7,10-11,14,18-21,33H,8-9,12-13,15H2,1-4H3,(H,32,35)/t18-,19-,20?,21+/m1/s1. The maximum absolute atomic E-state index is 13.3. The van der Waals surface area contributed by atoms with Crippen LogP contribution >= 0.6 is 0 Å². The number of nitrogens with zero attached hydrogens (tertiary/aromatic N) is 1. The average Bonchev–Trinajstić information content (AvgIpc) is 3.50. The summed E-state index contributed by atoms with van der Waals surface area (Å²) in [6, 6.07) is 6.38. The van der Waals surface area contributed by atoms with Crippen molar-refractivity contribution in [3.05, 3.63) is 47.7 Å². The van der Waals surface area contributed by atoms with Crippen LogP contribution in [0.25, 0.3) is 11.3 Å². The van der Waals surface area contributed by atoms with Crippen LogP contribution in [-0.2, 0) is 20.5 Å². The fourth-order valence-electron chi connectivity index (χ4n) is 5.53. The van der Waals surface area contributed by atoms with Crippen molar-refractivity contribution in [1.82, 2.24) is 15.5 Å². The van der Waals surface area contributed by atoms with Gasteiger partial charge >= 0.3 is 12.1 Å². The lowest BCUT2D eigenvalue weighted by Crippen LogP contribution is -2.55. The molecule has 2 amide bonds. The first kappa shape index (κ1) is 28.7. The maximum Gasteiger partial charge on any atom is 0.416 e. The molecule has 1 aliphatic carbocycles. The average molecular weight is 550 g/mol. The molecule has 4 rings (SSSR count). The van der Waals surface area contributed by atoms with E-state index in [1.807, 2.05) is 0 Å². The summed E-state index contributed by atoms with van der Waals surface area (Å²) in [6.07, 6.45) is -2.19. The molecule has 1 unspecified atom stereocenters. The first-order valence-electron chi connectivity index (χ1n) is 13.0. The third-order valence-electron chi connectivity index (χ3n) is 7.20. The predicted octanol–water partition coefficient (Wildman–Crippen LogP) is 4.39. The molecule has 8 nitrogen and oxygen atoms in total. The highest BCUT2D eigenvalue weighted by Gasteiger charge is 2.45. The molecule has 1 saturated carbocycles. The van der Waals surface area contributed by atoms with E-state index >= 15 is 0 Å². The topological polar surface area (TPSA) is 101 Å². The third kappa shape index (κ3) is 6.63. The van der Waals surface area contributed by atoms with E-state index in [1.54, 1.807) is 4.90 Å². The van der Waals surface area contributed by atoms with E-state index in [9.17, 15) is 27.6 Å². The van der Waals surface area contributed by atoms with Gasteiger partial charge in [-0.05, 0) is 70.7 Å². The number of nitrogens with one attached hydrogen (secondary N) is 2. The minimum Gasteiger partial charge on any atom is -0.469 e. The van der Waals surface area contributed by atoms with Gasteiger partial charge in [-0.1, -0.05) is 12.1 Å². The van der Waals surface area contributed by atoms with E-state index in [0.29, 0.717) is 25.8 Å². The van der Waals surface area contributed by atoms with Gasteiger partial charge in [-0.15, -0.1) is 0 Å². The number of amides is 2. The Labute approximate surface area is 225 Å². The van der Waals surface area contributed by atoms with Crippen LogP contribution in [0, 0.1) is 5.92 Å². The second-order valence-corrected chi connectivity index (χ2v) is 11.2.